The number of nitrogens with one attached hydrogen (secondary N) is 1. The van der Waals surface area contributed by atoms with Gasteiger partial charge in [0.15, 0.2) is 0 Å². The Hall–Kier alpha value is -1.91. The van der Waals surface area contributed by atoms with Crippen LogP contribution in [0.5, 0.6) is 0 Å². The van der Waals surface area contributed by atoms with Crippen molar-refractivity contribution in [2.75, 3.05) is 33.4 Å². The number of hydrogen-bond donors (Lipinski definition) is 5. The van der Waals surface area contributed by atoms with Gasteiger partial charge in [-0.05, 0) is 54.1 Å². The van der Waals surface area contributed by atoms with Crippen molar-refractivity contribution < 1.29 is 24.9 Å². The third-order valence-corrected chi connectivity index (χ3v) is 6.24. The summed E-state index contributed by atoms with van der Waals surface area (Å²) in [6.07, 6.45) is 0. The number of likely N-dealkylation sites (N-methyl/N-ethyl adjacent to an activating group) is 1. The molecule has 6 N–H and O–H groups in total. The van der Waals surface area contributed by atoms with Crippen molar-refractivity contribution in [2.45, 2.75) is 18.0 Å². The minimum atomic E-state index is -1.61. The Balaban J connectivity index is 0.00000385. The number of aliphatic hydroxyl groups is 3. The van der Waals surface area contributed by atoms with Crippen LogP contribution in [-0.2, 0) is 6.54 Å². The first kappa shape index (κ1) is 27.3. The van der Waals surface area contributed by atoms with Crippen LogP contribution in [0.15, 0.2) is 30.3 Å². The fraction of sp³-hybridized carbons (Fsp3) is 0.364. The predicted octanol–water partition coefficient (Wildman–Crippen LogP) is 1.54. The largest absolute Gasteiger partial charge is 0.394 e. The van der Waals surface area contributed by atoms with Crippen molar-refractivity contribution in [2.24, 2.45) is 5.73 Å². The Morgan fingerprint density at radius 1 is 1.09 bits per heavy atom. The van der Waals surface area contributed by atoms with Gasteiger partial charge in [-0.1, -0.05) is 23.2 Å². The Kier molecular flexibility index (Phi) is 9.12. The number of amides is 2. The van der Waals surface area contributed by atoms with Gasteiger partial charge in [0.2, 0.25) is 5.91 Å². The number of carbonyl (C=O) groups is 2. The van der Waals surface area contributed by atoms with E-state index in [-0.39, 0.29) is 29.5 Å². The number of carbonyl (C=O) groups excluding carboxylic acids is 2. The molecule has 0 radical (unpaired) electrons. The second kappa shape index (κ2) is 11.0. The quantitative estimate of drug-likeness (QED) is 0.377. The molecule has 0 bridgehead atoms. The molecule has 33 heavy (non-hydrogen) atoms. The van der Waals surface area contributed by atoms with Crippen LogP contribution >= 0.6 is 35.6 Å². The van der Waals surface area contributed by atoms with Crippen LogP contribution in [0.3, 0.4) is 0 Å². The van der Waals surface area contributed by atoms with Gasteiger partial charge < -0.3 is 31.3 Å². The molecule has 0 saturated carbocycles. The molecular formula is C22H26Cl3N3O5. The second-order valence-corrected chi connectivity index (χ2v) is 8.97. The maximum atomic E-state index is 12.9. The van der Waals surface area contributed by atoms with Gasteiger partial charge in [0, 0.05) is 40.2 Å². The summed E-state index contributed by atoms with van der Waals surface area (Å²) in [6, 6.07) is 8.07. The average Bonchev–Trinajstić information content (AvgIpc) is 2.77. The molecule has 0 spiro atoms. The van der Waals surface area contributed by atoms with Crippen LogP contribution in [0.1, 0.15) is 43.3 Å². The highest BCUT2D eigenvalue weighted by Crippen LogP contribution is 2.39. The summed E-state index contributed by atoms with van der Waals surface area (Å²) in [6.45, 7) is -0.818. The Bertz CT molecular complexity index is 1040. The SMILES string of the molecule is CN1Cc2c(Cl)cc(Cl)cc2C(c2cc(C(N)=O)cc(C(=O)NC(CO)(CO)CO)c2)C1.Cl. The van der Waals surface area contributed by atoms with Crippen molar-refractivity contribution in [3.8, 4) is 0 Å². The van der Waals surface area contributed by atoms with E-state index in [0.29, 0.717) is 28.7 Å². The Morgan fingerprint density at radius 3 is 2.27 bits per heavy atom. The zero-order valence-electron chi connectivity index (χ0n) is 17.8. The lowest BCUT2D eigenvalue weighted by Gasteiger charge is -2.34. The first-order valence-electron chi connectivity index (χ1n) is 9.89. The zero-order valence-corrected chi connectivity index (χ0v) is 20.2. The van der Waals surface area contributed by atoms with E-state index in [1.54, 1.807) is 18.2 Å². The van der Waals surface area contributed by atoms with Crippen LogP contribution in [0.4, 0.5) is 0 Å². The van der Waals surface area contributed by atoms with Crippen LogP contribution in [0, 0.1) is 0 Å². The monoisotopic (exact) mass is 517 g/mol. The molecule has 1 aliphatic rings. The average molecular weight is 519 g/mol. The smallest absolute Gasteiger partial charge is 0.251 e. The van der Waals surface area contributed by atoms with Crippen LogP contribution in [0.2, 0.25) is 10.0 Å². The summed E-state index contributed by atoms with van der Waals surface area (Å²) in [5.74, 6) is -1.64. The van der Waals surface area contributed by atoms with Crippen molar-refractivity contribution in [1.82, 2.24) is 10.2 Å². The van der Waals surface area contributed by atoms with Gasteiger partial charge in [-0.15, -0.1) is 12.4 Å². The lowest BCUT2D eigenvalue weighted by molar-refractivity contribution is 0.0375. The highest BCUT2D eigenvalue weighted by molar-refractivity contribution is 6.35. The first-order valence-corrected chi connectivity index (χ1v) is 10.6. The number of nitrogens with zero attached hydrogens (tertiary/aromatic N) is 1. The summed E-state index contributed by atoms with van der Waals surface area (Å²) < 4.78 is 0. The molecule has 1 unspecified atom stereocenters. The second-order valence-electron chi connectivity index (χ2n) is 8.12. The van der Waals surface area contributed by atoms with Crippen molar-refractivity contribution in [3.63, 3.8) is 0 Å². The molecule has 0 aromatic heterocycles. The highest BCUT2D eigenvalue weighted by atomic mass is 35.5. The summed E-state index contributed by atoms with van der Waals surface area (Å²) in [5, 5.41) is 32.0. The van der Waals surface area contributed by atoms with E-state index in [0.717, 1.165) is 11.1 Å². The molecule has 1 atom stereocenters. The molecule has 2 aromatic rings. The van der Waals surface area contributed by atoms with Crippen LogP contribution in [-0.4, -0.2) is 71.0 Å². The highest BCUT2D eigenvalue weighted by Gasteiger charge is 2.32. The Morgan fingerprint density at radius 2 is 1.70 bits per heavy atom. The number of hydrogen-bond acceptors (Lipinski definition) is 6. The topological polar surface area (TPSA) is 136 Å². The molecule has 1 aliphatic heterocycles. The number of fused-ring (bicyclic) bond motifs is 1. The van der Waals surface area contributed by atoms with E-state index >= 15 is 0 Å². The third-order valence-electron chi connectivity index (χ3n) is 5.68. The van der Waals surface area contributed by atoms with Crippen LogP contribution in [0.25, 0.3) is 0 Å². The Labute approximate surface area is 207 Å². The minimum Gasteiger partial charge on any atom is -0.394 e. The molecule has 11 heteroatoms. The van der Waals surface area contributed by atoms with Gasteiger partial charge in [-0.25, -0.2) is 0 Å². The molecule has 3 rings (SSSR count). The molecule has 1 heterocycles. The van der Waals surface area contributed by atoms with Crippen LogP contribution < -0.4 is 11.1 Å². The lowest BCUT2D eigenvalue weighted by atomic mass is 9.83. The van der Waals surface area contributed by atoms with E-state index < -0.39 is 37.2 Å². The van der Waals surface area contributed by atoms with E-state index in [2.05, 4.69) is 10.2 Å². The maximum absolute atomic E-state index is 12.9. The lowest BCUT2D eigenvalue weighted by Crippen LogP contribution is -2.57. The van der Waals surface area contributed by atoms with E-state index in [4.69, 9.17) is 28.9 Å². The number of aliphatic hydroxyl groups excluding tert-OH is 3. The van der Waals surface area contributed by atoms with Crippen molar-refractivity contribution in [1.29, 1.82) is 0 Å². The molecule has 2 amide bonds. The number of rotatable bonds is 7. The third kappa shape index (κ3) is 5.78. The fourth-order valence-corrected chi connectivity index (χ4v) is 4.41. The number of benzene rings is 2. The molecule has 0 aliphatic carbocycles. The number of halogens is 3. The van der Waals surface area contributed by atoms with Gasteiger partial charge in [0.25, 0.3) is 5.91 Å². The molecule has 0 saturated heterocycles. The zero-order chi connectivity index (χ0) is 23.6. The van der Waals surface area contributed by atoms with E-state index in [1.807, 2.05) is 13.1 Å². The maximum Gasteiger partial charge on any atom is 0.251 e. The van der Waals surface area contributed by atoms with Crippen molar-refractivity contribution in [3.05, 3.63) is 68.2 Å². The van der Waals surface area contributed by atoms with Gasteiger partial charge in [-0.3, -0.25) is 9.59 Å². The van der Waals surface area contributed by atoms with Gasteiger partial charge >= 0.3 is 0 Å². The molecule has 2 aromatic carbocycles. The summed E-state index contributed by atoms with van der Waals surface area (Å²) in [7, 11) is 1.94. The van der Waals surface area contributed by atoms with E-state index in [1.165, 1.54) is 6.07 Å². The molecule has 180 valence electrons. The predicted molar refractivity (Wildman–Crippen MR) is 128 cm³/mol. The standard InChI is InChI=1S/C22H25Cl2N3O5.ClH/c1-27-7-17(16-5-15(23)6-19(24)18(16)8-27)12-2-13(20(25)31)4-14(3-12)21(32)26-22(9-28,10-29)11-30;/h2-6,17,28-30H,7-11H2,1H3,(H2,25,31)(H,26,32);1H. The van der Waals surface area contributed by atoms with Gasteiger partial charge in [-0.2, -0.15) is 0 Å². The molecule has 8 nitrogen and oxygen atoms in total. The van der Waals surface area contributed by atoms with E-state index in [9.17, 15) is 24.9 Å². The summed E-state index contributed by atoms with van der Waals surface area (Å²) in [5.41, 5.74) is 6.57. The fourth-order valence-electron chi connectivity index (χ4n) is 3.84. The van der Waals surface area contributed by atoms with Gasteiger partial charge in [0.05, 0.1) is 19.8 Å². The molecule has 0 fully saturated rings. The summed E-state index contributed by atoms with van der Waals surface area (Å²) in [4.78, 5) is 27.0. The van der Waals surface area contributed by atoms with Gasteiger partial charge in [0.1, 0.15) is 5.54 Å². The van der Waals surface area contributed by atoms with Crippen molar-refractivity contribution >= 4 is 47.4 Å². The number of nitrogens with two attached hydrogens (primary N) is 1. The minimum absolute atomic E-state index is 0. The molecular weight excluding hydrogens is 493 g/mol. The normalized spacial score (nSPS) is 16.0. The first-order chi connectivity index (χ1) is 15.1. The summed E-state index contributed by atoms with van der Waals surface area (Å²) >= 11 is 12.7. The number of primary amides is 1.